The van der Waals surface area contributed by atoms with E-state index in [0.717, 1.165) is 36.1 Å². The highest BCUT2D eigenvalue weighted by atomic mass is 16.5. The predicted molar refractivity (Wildman–Crippen MR) is 163 cm³/mol. The third-order valence-electron chi connectivity index (χ3n) is 7.87. The second-order valence-electron chi connectivity index (χ2n) is 11.1. The average Bonchev–Trinajstić information content (AvgIpc) is 3.02. The number of hydrogen-bond donors (Lipinski definition) is 1. The molecular formula is C35H42N2O5. The number of aryl methyl sites for hydroxylation is 3. The Morgan fingerprint density at radius 1 is 0.881 bits per heavy atom. The minimum atomic E-state index is -0.709. The molecule has 0 bridgehead atoms. The van der Waals surface area contributed by atoms with Gasteiger partial charge in [-0.1, -0.05) is 72.3 Å². The van der Waals surface area contributed by atoms with E-state index in [9.17, 15) is 14.4 Å². The van der Waals surface area contributed by atoms with Gasteiger partial charge in [-0.05, 0) is 73.8 Å². The number of hydrogen-bond acceptors (Lipinski definition) is 5. The quantitative estimate of drug-likeness (QED) is 0.277. The van der Waals surface area contributed by atoms with Crippen LogP contribution in [0.2, 0.25) is 0 Å². The van der Waals surface area contributed by atoms with Crippen LogP contribution in [0.1, 0.15) is 54.4 Å². The maximum atomic E-state index is 12.9. The van der Waals surface area contributed by atoms with Crippen molar-refractivity contribution in [1.82, 2.24) is 10.2 Å². The molecule has 0 radical (unpaired) electrons. The fraction of sp³-hybridized carbons (Fsp3) is 0.400. The second kappa shape index (κ2) is 15.8. The molecule has 1 heterocycles. The first-order valence-corrected chi connectivity index (χ1v) is 14.9. The van der Waals surface area contributed by atoms with Crippen LogP contribution in [0.3, 0.4) is 0 Å². The number of likely N-dealkylation sites (tertiary alicyclic amines) is 1. The Morgan fingerprint density at radius 3 is 2.29 bits per heavy atom. The molecule has 0 aromatic heterocycles. The number of rotatable bonds is 13. The average molecular weight is 571 g/mol. The number of benzene rings is 3. The van der Waals surface area contributed by atoms with Crippen LogP contribution in [0.5, 0.6) is 5.75 Å². The van der Waals surface area contributed by atoms with Crippen molar-refractivity contribution in [3.8, 4) is 5.75 Å². The van der Waals surface area contributed by atoms with E-state index in [1.807, 2.05) is 65.6 Å². The summed E-state index contributed by atoms with van der Waals surface area (Å²) in [7, 11) is 1.34. The second-order valence-corrected chi connectivity index (χ2v) is 11.1. The summed E-state index contributed by atoms with van der Waals surface area (Å²) in [6.07, 6.45) is 4.20. The van der Waals surface area contributed by atoms with E-state index >= 15 is 0 Å². The van der Waals surface area contributed by atoms with E-state index < -0.39 is 12.0 Å². The van der Waals surface area contributed by atoms with Gasteiger partial charge in [0.1, 0.15) is 18.4 Å². The van der Waals surface area contributed by atoms with E-state index in [-0.39, 0.29) is 17.7 Å². The molecule has 1 fully saturated rings. The molecule has 2 amide bonds. The van der Waals surface area contributed by atoms with Gasteiger partial charge >= 0.3 is 5.97 Å². The Hall–Kier alpha value is -4.13. The lowest BCUT2D eigenvalue weighted by Crippen LogP contribution is -2.44. The molecule has 4 rings (SSSR count). The number of nitrogens with zero attached hydrogens (tertiary/aromatic N) is 1. The fourth-order valence-electron chi connectivity index (χ4n) is 5.37. The minimum absolute atomic E-state index is 0.153. The van der Waals surface area contributed by atoms with Crippen molar-refractivity contribution in [2.75, 3.05) is 20.2 Å². The van der Waals surface area contributed by atoms with Gasteiger partial charge in [-0.3, -0.25) is 9.59 Å². The van der Waals surface area contributed by atoms with E-state index in [0.29, 0.717) is 45.4 Å². The van der Waals surface area contributed by atoms with Gasteiger partial charge in [-0.15, -0.1) is 0 Å². The van der Waals surface area contributed by atoms with Crippen molar-refractivity contribution >= 4 is 17.8 Å². The first-order valence-electron chi connectivity index (χ1n) is 14.9. The number of carbonyl (C=O) groups is 3. The summed E-state index contributed by atoms with van der Waals surface area (Å²) < 4.78 is 10.8. The van der Waals surface area contributed by atoms with Crippen LogP contribution in [-0.4, -0.2) is 48.9 Å². The number of esters is 1. The van der Waals surface area contributed by atoms with Crippen LogP contribution in [0.4, 0.5) is 0 Å². The predicted octanol–water partition coefficient (Wildman–Crippen LogP) is 5.43. The molecule has 1 atom stereocenters. The zero-order valence-electron chi connectivity index (χ0n) is 24.7. The van der Waals surface area contributed by atoms with Crippen molar-refractivity contribution in [2.45, 2.75) is 64.5 Å². The molecule has 42 heavy (non-hydrogen) atoms. The standard InChI is InChI=1S/C35H42N2O5/c1-26-7-6-10-28(23-26)14-18-34(39)37-21-19-29(20-22-37)24-33(38)36-32(35(40)41-2)17-13-27-11-15-31(16-12-27)42-25-30-8-4-3-5-9-30/h3-12,15-16,23,29,32H,13-14,17-22,24-25H2,1-2H3,(H,36,38)/t32-/m0/s1. The zero-order chi connectivity index (χ0) is 29.7. The number of nitrogens with one attached hydrogen (secondary N) is 1. The van der Waals surface area contributed by atoms with Crippen molar-refractivity contribution in [2.24, 2.45) is 5.92 Å². The van der Waals surface area contributed by atoms with E-state index in [1.54, 1.807) is 0 Å². The summed E-state index contributed by atoms with van der Waals surface area (Å²) in [6.45, 7) is 3.88. The van der Waals surface area contributed by atoms with Gasteiger partial charge in [-0.25, -0.2) is 4.79 Å². The fourth-order valence-corrected chi connectivity index (χ4v) is 5.37. The largest absolute Gasteiger partial charge is 0.489 e. The van der Waals surface area contributed by atoms with Gasteiger partial charge in [-0.2, -0.15) is 0 Å². The number of ether oxygens (including phenoxy) is 2. The van der Waals surface area contributed by atoms with Crippen LogP contribution in [-0.2, 0) is 38.6 Å². The summed E-state index contributed by atoms with van der Waals surface area (Å²) >= 11 is 0. The molecule has 1 aliphatic rings. The lowest BCUT2D eigenvalue weighted by Gasteiger charge is -2.32. The summed E-state index contributed by atoms with van der Waals surface area (Å²) in [5.74, 6) is 0.535. The smallest absolute Gasteiger partial charge is 0.328 e. The van der Waals surface area contributed by atoms with Crippen LogP contribution in [0.15, 0.2) is 78.9 Å². The molecular weight excluding hydrogens is 528 g/mol. The van der Waals surface area contributed by atoms with Gasteiger partial charge in [0.25, 0.3) is 0 Å². The molecule has 7 heteroatoms. The molecule has 7 nitrogen and oxygen atoms in total. The SMILES string of the molecule is COC(=O)[C@H](CCc1ccc(OCc2ccccc2)cc1)NC(=O)CC1CCN(C(=O)CCc2cccc(C)c2)CC1. The van der Waals surface area contributed by atoms with Gasteiger partial charge in [0, 0.05) is 25.9 Å². The lowest BCUT2D eigenvalue weighted by atomic mass is 9.92. The van der Waals surface area contributed by atoms with Crippen molar-refractivity contribution < 1.29 is 23.9 Å². The van der Waals surface area contributed by atoms with Crippen LogP contribution in [0, 0.1) is 12.8 Å². The molecule has 0 spiro atoms. The molecule has 1 aliphatic heterocycles. The highest BCUT2D eigenvalue weighted by Crippen LogP contribution is 2.22. The van der Waals surface area contributed by atoms with Crippen LogP contribution < -0.4 is 10.1 Å². The summed E-state index contributed by atoms with van der Waals surface area (Å²) in [5, 5.41) is 2.89. The van der Waals surface area contributed by atoms with Gasteiger partial charge in [0.05, 0.1) is 7.11 Å². The third kappa shape index (κ3) is 9.75. The first-order chi connectivity index (χ1) is 20.4. The summed E-state index contributed by atoms with van der Waals surface area (Å²) in [4.78, 5) is 39.9. The van der Waals surface area contributed by atoms with Crippen LogP contribution >= 0.6 is 0 Å². The first kappa shape index (κ1) is 30.8. The molecule has 1 N–H and O–H groups in total. The van der Waals surface area contributed by atoms with E-state index in [4.69, 9.17) is 9.47 Å². The van der Waals surface area contributed by atoms with Crippen LogP contribution in [0.25, 0.3) is 0 Å². The Morgan fingerprint density at radius 2 is 1.60 bits per heavy atom. The highest BCUT2D eigenvalue weighted by molar-refractivity contribution is 5.84. The van der Waals surface area contributed by atoms with Gasteiger partial charge in [0.15, 0.2) is 0 Å². The minimum Gasteiger partial charge on any atom is -0.489 e. The van der Waals surface area contributed by atoms with Crippen molar-refractivity contribution in [3.05, 3.63) is 101 Å². The maximum absolute atomic E-state index is 12.9. The molecule has 3 aromatic rings. The Balaban J connectivity index is 1.18. The Bertz CT molecular complexity index is 1300. The maximum Gasteiger partial charge on any atom is 0.328 e. The summed E-state index contributed by atoms with van der Waals surface area (Å²) in [5.41, 5.74) is 4.53. The number of methoxy groups -OCH3 is 1. The van der Waals surface area contributed by atoms with Gasteiger partial charge in [0.2, 0.25) is 11.8 Å². The van der Waals surface area contributed by atoms with Crippen molar-refractivity contribution in [1.29, 1.82) is 0 Å². The van der Waals surface area contributed by atoms with Gasteiger partial charge < -0.3 is 19.7 Å². The Labute approximate surface area is 249 Å². The molecule has 0 unspecified atom stereocenters. The Kier molecular flexibility index (Phi) is 11.6. The number of piperidine rings is 1. The highest BCUT2D eigenvalue weighted by Gasteiger charge is 2.27. The molecule has 222 valence electrons. The molecule has 1 saturated heterocycles. The topological polar surface area (TPSA) is 84.9 Å². The molecule has 0 aliphatic carbocycles. The number of amides is 2. The van der Waals surface area contributed by atoms with Crippen molar-refractivity contribution in [3.63, 3.8) is 0 Å². The third-order valence-corrected chi connectivity index (χ3v) is 7.87. The normalized spacial score (nSPS) is 14.2. The lowest BCUT2D eigenvalue weighted by molar-refractivity contribution is -0.145. The van der Waals surface area contributed by atoms with E-state index in [2.05, 4.69) is 30.4 Å². The monoisotopic (exact) mass is 570 g/mol. The van der Waals surface area contributed by atoms with E-state index in [1.165, 1.54) is 18.2 Å². The zero-order valence-corrected chi connectivity index (χ0v) is 24.7. The summed E-state index contributed by atoms with van der Waals surface area (Å²) in [6, 6.07) is 25.3. The number of carbonyl (C=O) groups excluding carboxylic acids is 3. The molecule has 0 saturated carbocycles. The molecule has 3 aromatic carbocycles.